The first-order valence-electron chi connectivity index (χ1n) is 11.9. The van der Waals surface area contributed by atoms with Crippen molar-refractivity contribution in [1.82, 2.24) is 20.9 Å². The van der Waals surface area contributed by atoms with Crippen LogP contribution in [0.5, 0.6) is 0 Å². The largest absolute Gasteiger partial charge is 0.368 e. The van der Waals surface area contributed by atoms with E-state index in [4.69, 9.17) is 0 Å². The number of carbonyl (C=O) groups excluding carboxylic acids is 1. The molecule has 35 heavy (non-hydrogen) atoms. The van der Waals surface area contributed by atoms with Crippen LogP contribution in [0.3, 0.4) is 0 Å². The molecular weight excluding hydrogens is 436 g/mol. The van der Waals surface area contributed by atoms with E-state index in [0.717, 1.165) is 76.7 Å². The molecule has 174 valence electrons. The van der Waals surface area contributed by atoms with Gasteiger partial charge in [0, 0.05) is 52.9 Å². The lowest BCUT2D eigenvalue weighted by Gasteiger charge is -2.08. The Balaban J connectivity index is 1.11. The van der Waals surface area contributed by atoms with Crippen LogP contribution in [0, 0.1) is 0 Å². The van der Waals surface area contributed by atoms with E-state index in [-0.39, 0.29) is 5.91 Å². The zero-order chi connectivity index (χ0) is 23.6. The summed E-state index contributed by atoms with van der Waals surface area (Å²) in [6, 6.07) is 24.3. The summed E-state index contributed by atoms with van der Waals surface area (Å²) < 4.78 is 0. The predicted molar refractivity (Wildman–Crippen MR) is 140 cm³/mol. The first-order chi connectivity index (χ1) is 17.2. The first kappa shape index (κ1) is 21.2. The monoisotopic (exact) mass is 462 g/mol. The quantitative estimate of drug-likeness (QED) is 0.354. The van der Waals surface area contributed by atoms with Crippen LogP contribution in [0.15, 0.2) is 82.8 Å². The van der Waals surface area contributed by atoms with Crippen LogP contribution < -0.4 is 16.0 Å². The summed E-state index contributed by atoms with van der Waals surface area (Å²) in [5.41, 5.74) is 6.98. The van der Waals surface area contributed by atoms with Crippen LogP contribution >= 0.6 is 0 Å². The van der Waals surface area contributed by atoms with Crippen LogP contribution in [0.4, 0.5) is 0 Å². The van der Waals surface area contributed by atoms with Crippen molar-refractivity contribution in [1.29, 1.82) is 0 Å². The van der Waals surface area contributed by atoms with Gasteiger partial charge in [-0.2, -0.15) is 0 Å². The van der Waals surface area contributed by atoms with E-state index < -0.39 is 0 Å². The van der Waals surface area contributed by atoms with Crippen molar-refractivity contribution < 1.29 is 4.79 Å². The normalized spacial score (nSPS) is 14.9. The van der Waals surface area contributed by atoms with Gasteiger partial charge in [0.05, 0.1) is 13.1 Å². The Morgan fingerprint density at radius 3 is 2.11 bits per heavy atom. The fourth-order valence-electron chi connectivity index (χ4n) is 4.48. The number of aliphatic imine (C=N–C) groups is 2. The molecule has 0 spiro atoms. The van der Waals surface area contributed by atoms with Crippen molar-refractivity contribution in [3.05, 3.63) is 95.1 Å². The van der Waals surface area contributed by atoms with Crippen LogP contribution in [-0.2, 0) is 6.54 Å². The van der Waals surface area contributed by atoms with Gasteiger partial charge < -0.3 is 20.9 Å². The number of H-pyrrole nitrogens is 1. The number of aromatic nitrogens is 1. The zero-order valence-corrected chi connectivity index (χ0v) is 19.3. The summed E-state index contributed by atoms with van der Waals surface area (Å²) >= 11 is 0. The highest BCUT2D eigenvalue weighted by Crippen LogP contribution is 2.25. The second-order valence-corrected chi connectivity index (χ2v) is 8.76. The van der Waals surface area contributed by atoms with Crippen molar-refractivity contribution in [3.63, 3.8) is 0 Å². The Labute approximate surface area is 203 Å². The number of aromatic amines is 1. The van der Waals surface area contributed by atoms with E-state index in [9.17, 15) is 4.79 Å². The van der Waals surface area contributed by atoms with Gasteiger partial charge in [0.2, 0.25) is 0 Å². The van der Waals surface area contributed by atoms with Crippen molar-refractivity contribution in [2.24, 2.45) is 9.98 Å². The topological polar surface area (TPSA) is 93.7 Å². The fourth-order valence-corrected chi connectivity index (χ4v) is 4.48. The van der Waals surface area contributed by atoms with Gasteiger partial charge in [-0.05, 0) is 35.4 Å². The molecule has 0 aliphatic carbocycles. The van der Waals surface area contributed by atoms with E-state index in [0.29, 0.717) is 12.1 Å². The number of nitrogens with one attached hydrogen (secondary N) is 4. The molecule has 4 N–H and O–H groups in total. The number of benzene rings is 3. The Hall–Kier alpha value is -4.39. The Kier molecular flexibility index (Phi) is 5.50. The van der Waals surface area contributed by atoms with Crippen LogP contribution in [0.1, 0.15) is 27.0 Å². The van der Waals surface area contributed by atoms with Gasteiger partial charge in [-0.25, -0.2) is 0 Å². The lowest BCUT2D eigenvalue weighted by atomic mass is 10.1. The number of amides is 1. The SMILES string of the molecule is O=C(NCc1ccc(C2=NCCN2)cc1)c1ccc(-c2cc3ccc(C4=NCCN4)cc3[nH]2)cc1. The number of carbonyl (C=O) groups is 1. The zero-order valence-electron chi connectivity index (χ0n) is 19.3. The first-order valence-corrected chi connectivity index (χ1v) is 11.9. The molecule has 7 heteroatoms. The second kappa shape index (κ2) is 9.10. The highest BCUT2D eigenvalue weighted by molar-refractivity contribution is 6.03. The molecule has 6 rings (SSSR count). The van der Waals surface area contributed by atoms with Crippen molar-refractivity contribution in [3.8, 4) is 11.3 Å². The summed E-state index contributed by atoms with van der Waals surface area (Å²) in [5, 5.41) is 10.7. The minimum atomic E-state index is -0.0893. The molecule has 1 aromatic heterocycles. The number of amidine groups is 2. The van der Waals surface area contributed by atoms with Crippen molar-refractivity contribution in [2.45, 2.75) is 6.54 Å². The van der Waals surface area contributed by atoms with E-state index in [1.165, 1.54) is 0 Å². The molecule has 4 aromatic rings. The van der Waals surface area contributed by atoms with E-state index in [1.807, 2.05) is 48.5 Å². The van der Waals surface area contributed by atoms with E-state index >= 15 is 0 Å². The Morgan fingerprint density at radius 2 is 1.43 bits per heavy atom. The molecular formula is C28H26N6O. The molecule has 3 heterocycles. The summed E-state index contributed by atoms with van der Waals surface area (Å²) in [6.45, 7) is 3.90. The highest BCUT2D eigenvalue weighted by atomic mass is 16.1. The van der Waals surface area contributed by atoms with Crippen LogP contribution in [-0.4, -0.2) is 48.7 Å². The smallest absolute Gasteiger partial charge is 0.251 e. The average molecular weight is 463 g/mol. The lowest BCUT2D eigenvalue weighted by molar-refractivity contribution is 0.0951. The maximum absolute atomic E-state index is 12.7. The maximum Gasteiger partial charge on any atom is 0.251 e. The van der Waals surface area contributed by atoms with Crippen molar-refractivity contribution in [2.75, 3.05) is 26.2 Å². The second-order valence-electron chi connectivity index (χ2n) is 8.76. The summed E-state index contributed by atoms with van der Waals surface area (Å²) in [5.74, 6) is 1.81. The van der Waals surface area contributed by atoms with Crippen molar-refractivity contribution >= 4 is 28.5 Å². The molecule has 1 amide bonds. The number of rotatable bonds is 6. The maximum atomic E-state index is 12.7. The third kappa shape index (κ3) is 4.40. The molecule has 0 radical (unpaired) electrons. The molecule has 0 unspecified atom stereocenters. The molecule has 3 aromatic carbocycles. The van der Waals surface area contributed by atoms with Gasteiger partial charge in [0.1, 0.15) is 11.7 Å². The molecule has 7 nitrogen and oxygen atoms in total. The number of hydrogen-bond acceptors (Lipinski definition) is 5. The van der Waals surface area contributed by atoms with Gasteiger partial charge in [-0.15, -0.1) is 0 Å². The minimum absolute atomic E-state index is 0.0893. The molecule has 0 saturated carbocycles. The highest BCUT2D eigenvalue weighted by Gasteiger charge is 2.12. The van der Waals surface area contributed by atoms with Gasteiger partial charge in [-0.1, -0.05) is 48.5 Å². The fraction of sp³-hybridized carbons (Fsp3) is 0.179. The summed E-state index contributed by atoms with van der Waals surface area (Å²) in [6.07, 6.45) is 0. The average Bonchev–Trinajstić information content (AvgIpc) is 3.69. The standard InChI is InChI=1S/C28H26N6O/c35-28(33-17-18-1-3-20(4-2-18)26-29-11-12-30-26)21-7-5-19(6-8-21)24-15-22-9-10-23(16-25(22)34-24)27-31-13-14-32-27/h1-10,15-16,34H,11-14,17H2,(H,29,30)(H,31,32)(H,33,35). The molecule has 2 aliphatic heterocycles. The van der Waals surface area contributed by atoms with E-state index in [2.05, 4.69) is 55.2 Å². The number of nitrogens with zero attached hydrogens (tertiary/aromatic N) is 2. The summed E-state index contributed by atoms with van der Waals surface area (Å²) in [7, 11) is 0. The van der Waals surface area contributed by atoms with Crippen LogP contribution in [0.25, 0.3) is 22.2 Å². The van der Waals surface area contributed by atoms with Gasteiger partial charge >= 0.3 is 0 Å². The number of fused-ring (bicyclic) bond motifs is 1. The van der Waals surface area contributed by atoms with Crippen LogP contribution in [0.2, 0.25) is 0 Å². The number of hydrogen-bond donors (Lipinski definition) is 4. The molecule has 0 bridgehead atoms. The minimum Gasteiger partial charge on any atom is -0.368 e. The van der Waals surface area contributed by atoms with E-state index in [1.54, 1.807) is 0 Å². The van der Waals surface area contributed by atoms with Gasteiger partial charge in [0.25, 0.3) is 5.91 Å². The Bertz CT molecular complexity index is 1450. The third-order valence-corrected chi connectivity index (χ3v) is 6.38. The molecule has 0 saturated heterocycles. The predicted octanol–water partition coefficient (Wildman–Crippen LogP) is 3.46. The molecule has 0 fully saturated rings. The molecule has 0 atom stereocenters. The van der Waals surface area contributed by atoms with Gasteiger partial charge in [0.15, 0.2) is 0 Å². The molecule has 2 aliphatic rings. The Morgan fingerprint density at radius 1 is 0.771 bits per heavy atom. The lowest BCUT2D eigenvalue weighted by Crippen LogP contribution is -2.23. The van der Waals surface area contributed by atoms with Gasteiger partial charge in [-0.3, -0.25) is 14.8 Å². The summed E-state index contributed by atoms with van der Waals surface area (Å²) in [4.78, 5) is 25.1. The third-order valence-electron chi connectivity index (χ3n) is 6.38.